The molecule has 1 aromatic rings. The molecule has 0 saturated carbocycles. The van der Waals surface area contributed by atoms with E-state index >= 15 is 0 Å². The number of para-hydroxylation sites is 1. The van der Waals surface area contributed by atoms with Crippen LogP contribution in [-0.2, 0) is 0 Å². The second-order valence-electron chi connectivity index (χ2n) is 5.12. The normalized spacial score (nSPS) is 22.4. The topological polar surface area (TPSA) is 35.2 Å². The van der Waals surface area contributed by atoms with Crippen LogP contribution in [0.1, 0.15) is 44.6 Å². The Morgan fingerprint density at radius 1 is 1.41 bits per heavy atom. The van der Waals surface area contributed by atoms with Crippen LogP contribution in [0.15, 0.2) is 24.3 Å². The van der Waals surface area contributed by atoms with Gasteiger partial charge in [-0.3, -0.25) is 0 Å². The summed E-state index contributed by atoms with van der Waals surface area (Å²) in [7, 11) is 0. The fourth-order valence-electron chi connectivity index (χ4n) is 2.81. The van der Waals surface area contributed by atoms with Crippen molar-refractivity contribution in [3.05, 3.63) is 29.8 Å². The van der Waals surface area contributed by atoms with Crippen molar-refractivity contribution in [2.75, 3.05) is 6.61 Å². The first kappa shape index (κ1) is 12.4. The molecular weight excluding hydrogens is 210 g/mol. The lowest BCUT2D eigenvalue weighted by Crippen LogP contribution is -2.37. The summed E-state index contributed by atoms with van der Waals surface area (Å²) >= 11 is 0. The Hall–Kier alpha value is -1.02. The van der Waals surface area contributed by atoms with Crippen LogP contribution in [0.5, 0.6) is 5.75 Å². The highest BCUT2D eigenvalue weighted by Gasteiger charge is 2.29. The molecule has 0 spiro atoms. The molecule has 1 aliphatic heterocycles. The van der Waals surface area contributed by atoms with Crippen molar-refractivity contribution in [2.24, 2.45) is 11.7 Å². The molecule has 2 N–H and O–H groups in total. The molecule has 3 atom stereocenters. The maximum absolute atomic E-state index is 6.44. The predicted molar refractivity (Wildman–Crippen MR) is 71.3 cm³/mol. The molecule has 0 fully saturated rings. The summed E-state index contributed by atoms with van der Waals surface area (Å²) in [5.41, 5.74) is 7.74. The molecule has 1 aliphatic rings. The van der Waals surface area contributed by atoms with Crippen molar-refractivity contribution in [3.63, 3.8) is 0 Å². The Morgan fingerprint density at radius 3 is 2.94 bits per heavy atom. The molecule has 0 aliphatic carbocycles. The first-order valence-electron chi connectivity index (χ1n) is 6.71. The van der Waals surface area contributed by atoms with Crippen LogP contribution in [0.3, 0.4) is 0 Å². The van der Waals surface area contributed by atoms with Crippen LogP contribution >= 0.6 is 0 Å². The van der Waals surface area contributed by atoms with Crippen molar-refractivity contribution in [3.8, 4) is 5.75 Å². The van der Waals surface area contributed by atoms with Gasteiger partial charge in [0, 0.05) is 12.0 Å². The summed E-state index contributed by atoms with van der Waals surface area (Å²) in [5.74, 6) is 2.07. The van der Waals surface area contributed by atoms with Crippen LogP contribution in [-0.4, -0.2) is 12.6 Å². The lowest BCUT2D eigenvalue weighted by atomic mass is 9.80. The molecule has 2 heteroatoms. The SMILES string of the molecule is CCCC(C)C(N)C1CCOc2ccccc21. The molecule has 1 heterocycles. The zero-order chi connectivity index (χ0) is 12.3. The van der Waals surface area contributed by atoms with Gasteiger partial charge in [-0.05, 0) is 30.4 Å². The minimum absolute atomic E-state index is 0.250. The fraction of sp³-hybridized carbons (Fsp3) is 0.600. The molecule has 0 amide bonds. The summed E-state index contributed by atoms with van der Waals surface area (Å²) < 4.78 is 5.69. The molecule has 17 heavy (non-hydrogen) atoms. The van der Waals surface area contributed by atoms with Gasteiger partial charge in [-0.2, -0.15) is 0 Å². The van der Waals surface area contributed by atoms with Gasteiger partial charge in [0.2, 0.25) is 0 Å². The third kappa shape index (κ3) is 2.63. The summed E-state index contributed by atoms with van der Waals surface area (Å²) in [6, 6.07) is 8.58. The van der Waals surface area contributed by atoms with E-state index in [1.807, 2.05) is 6.07 Å². The summed E-state index contributed by atoms with van der Waals surface area (Å²) in [6.07, 6.45) is 3.46. The predicted octanol–water partition coefficient (Wildman–Crippen LogP) is 3.32. The van der Waals surface area contributed by atoms with Crippen molar-refractivity contribution in [1.82, 2.24) is 0 Å². The van der Waals surface area contributed by atoms with E-state index in [2.05, 4.69) is 32.0 Å². The molecule has 0 bridgehead atoms. The van der Waals surface area contributed by atoms with Crippen LogP contribution in [0.25, 0.3) is 0 Å². The van der Waals surface area contributed by atoms with Gasteiger partial charge in [-0.1, -0.05) is 38.5 Å². The van der Waals surface area contributed by atoms with Gasteiger partial charge in [0.05, 0.1) is 6.61 Å². The third-order valence-electron chi connectivity index (χ3n) is 3.87. The highest BCUT2D eigenvalue weighted by Crippen LogP contribution is 2.37. The van der Waals surface area contributed by atoms with E-state index in [4.69, 9.17) is 10.5 Å². The number of nitrogens with two attached hydrogens (primary N) is 1. The Labute approximate surface area is 104 Å². The maximum atomic E-state index is 6.44. The summed E-state index contributed by atoms with van der Waals surface area (Å²) in [4.78, 5) is 0. The van der Waals surface area contributed by atoms with Crippen molar-refractivity contribution in [1.29, 1.82) is 0 Å². The second kappa shape index (κ2) is 5.54. The smallest absolute Gasteiger partial charge is 0.122 e. The number of rotatable bonds is 4. The van der Waals surface area contributed by atoms with E-state index in [9.17, 15) is 0 Å². The highest BCUT2D eigenvalue weighted by molar-refractivity contribution is 5.38. The first-order valence-corrected chi connectivity index (χ1v) is 6.71. The Balaban J connectivity index is 2.17. The summed E-state index contributed by atoms with van der Waals surface area (Å²) in [5, 5.41) is 0. The molecular formula is C15H23NO. The number of fused-ring (bicyclic) bond motifs is 1. The van der Waals surface area contributed by atoms with Gasteiger partial charge < -0.3 is 10.5 Å². The highest BCUT2D eigenvalue weighted by atomic mass is 16.5. The minimum Gasteiger partial charge on any atom is -0.493 e. The lowest BCUT2D eigenvalue weighted by molar-refractivity contribution is 0.236. The van der Waals surface area contributed by atoms with E-state index < -0.39 is 0 Å². The van der Waals surface area contributed by atoms with Crippen molar-refractivity contribution >= 4 is 0 Å². The molecule has 3 unspecified atom stereocenters. The van der Waals surface area contributed by atoms with Gasteiger partial charge >= 0.3 is 0 Å². The van der Waals surface area contributed by atoms with Crippen molar-refractivity contribution < 1.29 is 4.74 Å². The van der Waals surface area contributed by atoms with Crippen LogP contribution in [0.2, 0.25) is 0 Å². The second-order valence-corrected chi connectivity index (χ2v) is 5.12. The molecule has 1 aromatic carbocycles. The summed E-state index contributed by atoms with van der Waals surface area (Å²) in [6.45, 7) is 5.29. The standard InChI is InChI=1S/C15H23NO/c1-3-6-11(2)15(16)13-9-10-17-14-8-5-4-7-12(13)14/h4-5,7-8,11,13,15H,3,6,9-10,16H2,1-2H3. The van der Waals surface area contributed by atoms with Crippen LogP contribution < -0.4 is 10.5 Å². The fourth-order valence-corrected chi connectivity index (χ4v) is 2.81. The van der Waals surface area contributed by atoms with E-state index in [-0.39, 0.29) is 6.04 Å². The van der Waals surface area contributed by atoms with E-state index in [0.717, 1.165) is 18.8 Å². The molecule has 0 saturated heterocycles. The Kier molecular flexibility index (Phi) is 4.06. The quantitative estimate of drug-likeness (QED) is 0.866. The number of hydrogen-bond donors (Lipinski definition) is 1. The van der Waals surface area contributed by atoms with Gasteiger partial charge in [0.15, 0.2) is 0 Å². The third-order valence-corrected chi connectivity index (χ3v) is 3.87. The lowest BCUT2D eigenvalue weighted by Gasteiger charge is -2.33. The van der Waals surface area contributed by atoms with Crippen LogP contribution in [0.4, 0.5) is 0 Å². The van der Waals surface area contributed by atoms with E-state index in [1.54, 1.807) is 0 Å². The maximum Gasteiger partial charge on any atom is 0.122 e. The largest absolute Gasteiger partial charge is 0.493 e. The van der Waals surface area contributed by atoms with Gasteiger partial charge in [-0.25, -0.2) is 0 Å². The zero-order valence-corrected chi connectivity index (χ0v) is 10.9. The zero-order valence-electron chi connectivity index (χ0n) is 10.9. The average molecular weight is 233 g/mol. The molecule has 2 rings (SSSR count). The number of ether oxygens (including phenoxy) is 1. The minimum atomic E-state index is 0.250. The van der Waals surface area contributed by atoms with Gasteiger partial charge in [-0.15, -0.1) is 0 Å². The van der Waals surface area contributed by atoms with Crippen LogP contribution in [0, 0.1) is 5.92 Å². The monoisotopic (exact) mass is 233 g/mol. The number of hydrogen-bond acceptors (Lipinski definition) is 2. The van der Waals surface area contributed by atoms with Gasteiger partial charge in [0.1, 0.15) is 5.75 Å². The van der Waals surface area contributed by atoms with E-state index in [1.165, 1.54) is 18.4 Å². The van der Waals surface area contributed by atoms with Gasteiger partial charge in [0.25, 0.3) is 0 Å². The Morgan fingerprint density at radius 2 is 2.18 bits per heavy atom. The van der Waals surface area contributed by atoms with Crippen molar-refractivity contribution in [2.45, 2.75) is 45.1 Å². The Bertz CT molecular complexity index is 364. The van der Waals surface area contributed by atoms with E-state index in [0.29, 0.717) is 11.8 Å². The first-order chi connectivity index (χ1) is 8.24. The average Bonchev–Trinajstić information content (AvgIpc) is 2.37. The number of benzene rings is 1. The molecule has 0 radical (unpaired) electrons. The molecule has 2 nitrogen and oxygen atoms in total. The molecule has 94 valence electrons. The molecule has 0 aromatic heterocycles.